The predicted octanol–water partition coefficient (Wildman–Crippen LogP) is 3.38. The fourth-order valence-corrected chi connectivity index (χ4v) is 5.42. The summed E-state index contributed by atoms with van der Waals surface area (Å²) < 4.78 is 1.85. The summed E-state index contributed by atoms with van der Waals surface area (Å²) in [5.41, 5.74) is 2.83. The molecule has 1 aliphatic rings. The average molecular weight is 444 g/mol. The molecule has 1 atom stereocenters. The zero-order valence-electron chi connectivity index (χ0n) is 17.1. The SMILES string of the molecule is Cc1cc(C)n(CCC(=O)N2CCCC2C(=O)NCc2csc(-c3cccs3)n2)n1. The van der Waals surface area contributed by atoms with Gasteiger partial charge >= 0.3 is 0 Å². The first-order valence-electron chi connectivity index (χ1n) is 10.1. The first kappa shape index (κ1) is 20.7. The van der Waals surface area contributed by atoms with Crippen LogP contribution in [0.2, 0.25) is 0 Å². The molecule has 9 heteroatoms. The van der Waals surface area contributed by atoms with Gasteiger partial charge in [-0.15, -0.1) is 22.7 Å². The number of rotatable bonds is 7. The number of likely N-dealkylation sites (tertiary alicyclic amines) is 1. The van der Waals surface area contributed by atoms with Gasteiger partial charge < -0.3 is 10.2 Å². The quantitative estimate of drug-likeness (QED) is 0.607. The number of hydrogen-bond acceptors (Lipinski definition) is 6. The van der Waals surface area contributed by atoms with Crippen molar-refractivity contribution in [3.63, 3.8) is 0 Å². The van der Waals surface area contributed by atoms with Crippen molar-refractivity contribution in [3.05, 3.63) is 46.0 Å². The van der Waals surface area contributed by atoms with Crippen LogP contribution < -0.4 is 5.32 Å². The molecule has 0 bridgehead atoms. The zero-order chi connectivity index (χ0) is 21.1. The Kier molecular flexibility index (Phi) is 6.29. The van der Waals surface area contributed by atoms with Gasteiger partial charge in [0.05, 0.1) is 22.8 Å². The van der Waals surface area contributed by atoms with Crippen LogP contribution in [0, 0.1) is 13.8 Å². The molecule has 0 aliphatic carbocycles. The minimum Gasteiger partial charge on any atom is -0.349 e. The maximum absolute atomic E-state index is 12.8. The van der Waals surface area contributed by atoms with Crippen LogP contribution in [-0.4, -0.2) is 44.1 Å². The fourth-order valence-electron chi connectivity index (χ4n) is 3.78. The molecule has 1 N–H and O–H groups in total. The second kappa shape index (κ2) is 9.09. The maximum atomic E-state index is 12.8. The molecule has 1 aliphatic heterocycles. The number of thiazole rings is 1. The Labute approximate surface area is 183 Å². The molecule has 4 heterocycles. The van der Waals surface area contributed by atoms with E-state index in [9.17, 15) is 9.59 Å². The lowest BCUT2D eigenvalue weighted by atomic mass is 10.2. The van der Waals surface area contributed by atoms with E-state index in [1.165, 1.54) is 0 Å². The summed E-state index contributed by atoms with van der Waals surface area (Å²) in [5.74, 6) is -0.0912. The van der Waals surface area contributed by atoms with E-state index in [2.05, 4.69) is 15.4 Å². The van der Waals surface area contributed by atoms with Gasteiger partial charge in [-0.1, -0.05) is 6.07 Å². The molecule has 4 rings (SSSR count). The Hall–Kier alpha value is -2.52. The summed E-state index contributed by atoms with van der Waals surface area (Å²) >= 11 is 3.23. The Morgan fingerprint density at radius 1 is 1.30 bits per heavy atom. The van der Waals surface area contributed by atoms with Gasteiger partial charge in [0.2, 0.25) is 11.8 Å². The molecule has 0 saturated carbocycles. The van der Waals surface area contributed by atoms with E-state index < -0.39 is 6.04 Å². The van der Waals surface area contributed by atoms with E-state index in [-0.39, 0.29) is 11.8 Å². The molecule has 30 heavy (non-hydrogen) atoms. The lowest BCUT2D eigenvalue weighted by Crippen LogP contribution is -2.46. The summed E-state index contributed by atoms with van der Waals surface area (Å²) in [6.07, 6.45) is 1.90. The zero-order valence-corrected chi connectivity index (χ0v) is 18.8. The Bertz CT molecular complexity index is 1020. The van der Waals surface area contributed by atoms with Crippen molar-refractivity contribution < 1.29 is 9.59 Å². The molecule has 0 radical (unpaired) electrons. The summed E-state index contributed by atoms with van der Waals surface area (Å²) in [5, 5.41) is 12.3. The van der Waals surface area contributed by atoms with E-state index >= 15 is 0 Å². The largest absolute Gasteiger partial charge is 0.349 e. The molecule has 1 saturated heterocycles. The summed E-state index contributed by atoms with van der Waals surface area (Å²) in [4.78, 5) is 33.0. The van der Waals surface area contributed by atoms with Crippen LogP contribution in [0.4, 0.5) is 0 Å². The number of aromatic nitrogens is 3. The van der Waals surface area contributed by atoms with Crippen LogP contribution >= 0.6 is 22.7 Å². The molecular weight excluding hydrogens is 418 g/mol. The summed E-state index contributed by atoms with van der Waals surface area (Å²) in [7, 11) is 0. The molecular formula is C21H25N5O2S2. The van der Waals surface area contributed by atoms with E-state index in [0.29, 0.717) is 32.5 Å². The maximum Gasteiger partial charge on any atom is 0.243 e. The highest BCUT2D eigenvalue weighted by atomic mass is 32.1. The molecule has 2 amide bonds. The van der Waals surface area contributed by atoms with Crippen molar-refractivity contribution >= 4 is 34.5 Å². The van der Waals surface area contributed by atoms with Gasteiger partial charge in [0.25, 0.3) is 0 Å². The molecule has 158 valence electrons. The number of nitrogens with one attached hydrogen (secondary N) is 1. The van der Waals surface area contributed by atoms with Crippen LogP contribution in [0.5, 0.6) is 0 Å². The Morgan fingerprint density at radius 2 is 2.17 bits per heavy atom. The standard InChI is InChI=1S/C21H25N5O2S2/c1-14-11-15(2)26(24-14)9-7-19(27)25-8-3-5-17(25)20(28)22-12-16-13-30-21(23-16)18-6-4-10-29-18/h4,6,10-11,13,17H,3,5,7-9,12H2,1-2H3,(H,22,28). The van der Waals surface area contributed by atoms with Crippen LogP contribution in [0.15, 0.2) is 29.0 Å². The monoisotopic (exact) mass is 443 g/mol. The lowest BCUT2D eigenvalue weighted by molar-refractivity contribution is -0.138. The van der Waals surface area contributed by atoms with Crippen molar-refractivity contribution in [2.75, 3.05) is 6.54 Å². The van der Waals surface area contributed by atoms with Gasteiger partial charge in [-0.3, -0.25) is 14.3 Å². The van der Waals surface area contributed by atoms with Crippen molar-refractivity contribution in [3.8, 4) is 9.88 Å². The number of aryl methyl sites for hydroxylation is 3. The second-order valence-corrected chi connectivity index (χ2v) is 9.29. The van der Waals surface area contributed by atoms with Crippen LogP contribution in [-0.2, 0) is 22.7 Å². The van der Waals surface area contributed by atoms with Gasteiger partial charge in [-0.2, -0.15) is 5.10 Å². The van der Waals surface area contributed by atoms with E-state index in [0.717, 1.165) is 33.4 Å². The number of hydrogen-bond donors (Lipinski definition) is 1. The number of nitrogens with zero attached hydrogens (tertiary/aromatic N) is 4. The smallest absolute Gasteiger partial charge is 0.243 e. The van der Waals surface area contributed by atoms with Crippen molar-refractivity contribution in [1.82, 2.24) is 25.0 Å². The van der Waals surface area contributed by atoms with Gasteiger partial charge in [0.1, 0.15) is 11.0 Å². The number of thiophene rings is 1. The van der Waals surface area contributed by atoms with Gasteiger partial charge in [0, 0.05) is 30.6 Å². The molecule has 3 aromatic rings. The predicted molar refractivity (Wildman–Crippen MR) is 118 cm³/mol. The van der Waals surface area contributed by atoms with Crippen LogP contribution in [0.1, 0.15) is 36.3 Å². The molecule has 1 unspecified atom stereocenters. The van der Waals surface area contributed by atoms with E-state index in [4.69, 9.17) is 0 Å². The highest BCUT2D eigenvalue weighted by Crippen LogP contribution is 2.27. The third-order valence-electron chi connectivity index (χ3n) is 5.24. The van der Waals surface area contributed by atoms with E-state index in [1.54, 1.807) is 27.6 Å². The minimum atomic E-state index is -0.395. The van der Waals surface area contributed by atoms with Gasteiger partial charge in [-0.25, -0.2) is 4.98 Å². The highest BCUT2D eigenvalue weighted by Gasteiger charge is 2.33. The molecule has 7 nitrogen and oxygen atoms in total. The van der Waals surface area contributed by atoms with Crippen molar-refractivity contribution in [1.29, 1.82) is 0 Å². The molecule has 1 fully saturated rings. The topological polar surface area (TPSA) is 80.1 Å². The third kappa shape index (κ3) is 4.62. The first-order chi connectivity index (χ1) is 14.5. The Morgan fingerprint density at radius 3 is 2.90 bits per heavy atom. The van der Waals surface area contributed by atoms with Gasteiger partial charge in [-0.05, 0) is 44.2 Å². The van der Waals surface area contributed by atoms with Crippen molar-refractivity contribution in [2.45, 2.75) is 52.2 Å². The van der Waals surface area contributed by atoms with Crippen LogP contribution in [0.3, 0.4) is 0 Å². The first-order valence-corrected chi connectivity index (χ1v) is 11.8. The third-order valence-corrected chi connectivity index (χ3v) is 7.17. The second-order valence-electron chi connectivity index (χ2n) is 7.48. The van der Waals surface area contributed by atoms with Crippen molar-refractivity contribution in [2.24, 2.45) is 0 Å². The normalized spacial score (nSPS) is 16.2. The van der Waals surface area contributed by atoms with Crippen LogP contribution in [0.25, 0.3) is 9.88 Å². The lowest BCUT2D eigenvalue weighted by Gasteiger charge is -2.24. The summed E-state index contributed by atoms with van der Waals surface area (Å²) in [6, 6.07) is 5.65. The number of amides is 2. The molecule has 0 spiro atoms. The average Bonchev–Trinajstić information content (AvgIpc) is 3.51. The summed E-state index contributed by atoms with van der Waals surface area (Å²) in [6.45, 7) is 5.47. The minimum absolute atomic E-state index is 0.00819. The number of carbonyl (C=O) groups is 2. The highest BCUT2D eigenvalue weighted by molar-refractivity contribution is 7.20. The Balaban J connectivity index is 1.30. The number of carbonyl (C=O) groups excluding carboxylic acids is 2. The van der Waals surface area contributed by atoms with E-state index in [1.807, 2.05) is 47.5 Å². The fraction of sp³-hybridized carbons (Fsp3) is 0.429. The molecule has 3 aromatic heterocycles. The van der Waals surface area contributed by atoms with Gasteiger partial charge in [0.15, 0.2) is 0 Å². The molecule has 0 aromatic carbocycles.